The molecular weight excluding hydrogens is 376 g/mol. The van der Waals surface area contributed by atoms with Crippen LogP contribution in [0.1, 0.15) is 129 Å². The Hall–Kier alpha value is -0.160. The third kappa shape index (κ3) is 9.54. The highest BCUT2D eigenvalue weighted by Crippen LogP contribution is 2.34. The van der Waals surface area contributed by atoms with E-state index < -0.39 is 0 Å². The average Bonchev–Trinajstić information content (AvgIpc) is 3.42. The maximum atomic E-state index is 10.6. The topological polar surface area (TPSA) is 58.9 Å². The Balaban J connectivity index is 1.55. The predicted molar refractivity (Wildman–Crippen MR) is 124 cm³/mol. The zero-order valence-corrected chi connectivity index (χ0v) is 19.9. The fraction of sp³-hybridized carbons (Fsp3) is 1.00. The van der Waals surface area contributed by atoms with Crippen molar-refractivity contribution in [2.45, 2.75) is 166 Å². The average molecular weight is 427 g/mol. The van der Waals surface area contributed by atoms with Gasteiger partial charge in [-0.2, -0.15) is 0 Å². The Morgan fingerprint density at radius 1 is 0.567 bits per heavy atom. The Morgan fingerprint density at radius 2 is 0.933 bits per heavy atom. The maximum absolute atomic E-state index is 10.6. The number of hydrogen-bond acceptors (Lipinski definition) is 4. The summed E-state index contributed by atoms with van der Waals surface area (Å²) in [5.41, 5.74) is 0. The smallest absolute Gasteiger partial charge is 0.0842 e. The second-order valence-electron chi connectivity index (χ2n) is 9.83. The van der Waals surface area contributed by atoms with Crippen LogP contribution >= 0.6 is 0 Å². The van der Waals surface area contributed by atoms with E-state index in [4.69, 9.17) is 9.47 Å². The van der Waals surface area contributed by atoms with Crippen molar-refractivity contribution in [3.05, 3.63) is 0 Å². The van der Waals surface area contributed by atoms with Gasteiger partial charge in [-0.15, -0.1) is 0 Å². The van der Waals surface area contributed by atoms with E-state index in [2.05, 4.69) is 13.8 Å². The number of rotatable bonds is 17. The first kappa shape index (κ1) is 26.1. The standard InChI is InChI=1S/C26H50O4/c1-3-5-7-9-10-11-12-14-16-22(28)24-18-20-26(30-24)25-19-17-23(29-25)21(27)15-13-8-6-4-2/h21-28H,3-20H2,1-2H3/t21-,22-,23-,24-,25-,26-/m1/s1. The summed E-state index contributed by atoms with van der Waals surface area (Å²) in [6.45, 7) is 4.47. The van der Waals surface area contributed by atoms with Gasteiger partial charge in [0.25, 0.3) is 0 Å². The number of hydrogen-bond donors (Lipinski definition) is 2. The van der Waals surface area contributed by atoms with E-state index in [0.717, 1.165) is 51.4 Å². The number of aliphatic hydroxyl groups is 2. The third-order valence-corrected chi connectivity index (χ3v) is 7.15. The van der Waals surface area contributed by atoms with Crippen LogP contribution in [-0.2, 0) is 9.47 Å². The summed E-state index contributed by atoms with van der Waals surface area (Å²) < 4.78 is 12.4. The molecule has 2 saturated heterocycles. The zero-order valence-electron chi connectivity index (χ0n) is 19.9. The van der Waals surface area contributed by atoms with E-state index >= 15 is 0 Å². The lowest BCUT2D eigenvalue weighted by Crippen LogP contribution is -2.33. The van der Waals surface area contributed by atoms with Crippen LogP contribution in [0.25, 0.3) is 0 Å². The lowest BCUT2D eigenvalue weighted by molar-refractivity contribution is -0.110. The van der Waals surface area contributed by atoms with Crippen molar-refractivity contribution in [3.63, 3.8) is 0 Å². The molecule has 2 N–H and O–H groups in total. The van der Waals surface area contributed by atoms with Crippen molar-refractivity contribution in [1.82, 2.24) is 0 Å². The first-order valence-corrected chi connectivity index (χ1v) is 13.3. The molecule has 0 aromatic carbocycles. The molecule has 0 bridgehead atoms. The summed E-state index contributed by atoms with van der Waals surface area (Å²) in [7, 11) is 0. The predicted octanol–water partition coefficient (Wildman–Crippen LogP) is 6.30. The van der Waals surface area contributed by atoms with Gasteiger partial charge >= 0.3 is 0 Å². The van der Waals surface area contributed by atoms with Gasteiger partial charge in [0.15, 0.2) is 0 Å². The van der Waals surface area contributed by atoms with Gasteiger partial charge in [0.2, 0.25) is 0 Å². The maximum Gasteiger partial charge on any atom is 0.0842 e. The molecule has 0 radical (unpaired) electrons. The molecule has 2 aliphatic heterocycles. The summed E-state index contributed by atoms with van der Waals surface area (Å²) in [5.74, 6) is 0. The molecule has 4 nitrogen and oxygen atoms in total. The van der Waals surface area contributed by atoms with E-state index in [1.165, 1.54) is 64.2 Å². The molecule has 178 valence electrons. The van der Waals surface area contributed by atoms with E-state index in [1.54, 1.807) is 0 Å². The van der Waals surface area contributed by atoms with Crippen molar-refractivity contribution < 1.29 is 19.7 Å². The van der Waals surface area contributed by atoms with Crippen molar-refractivity contribution >= 4 is 0 Å². The second kappa shape index (κ2) is 15.6. The minimum atomic E-state index is -0.337. The van der Waals surface area contributed by atoms with Crippen LogP contribution in [0.3, 0.4) is 0 Å². The van der Waals surface area contributed by atoms with Gasteiger partial charge in [0, 0.05) is 0 Å². The van der Waals surface area contributed by atoms with Crippen LogP contribution in [-0.4, -0.2) is 46.8 Å². The molecule has 30 heavy (non-hydrogen) atoms. The normalized spacial score (nSPS) is 28.8. The van der Waals surface area contributed by atoms with Crippen LogP contribution in [0.4, 0.5) is 0 Å². The molecule has 0 spiro atoms. The molecule has 0 aromatic rings. The highest BCUT2D eigenvalue weighted by molar-refractivity contribution is 4.89. The minimum Gasteiger partial charge on any atom is -0.390 e. The molecule has 0 aromatic heterocycles. The van der Waals surface area contributed by atoms with E-state index in [0.29, 0.717) is 0 Å². The van der Waals surface area contributed by atoms with Gasteiger partial charge in [0.05, 0.1) is 36.6 Å². The van der Waals surface area contributed by atoms with Crippen molar-refractivity contribution in [1.29, 1.82) is 0 Å². The fourth-order valence-electron chi connectivity index (χ4n) is 5.13. The van der Waals surface area contributed by atoms with E-state index in [1.807, 2.05) is 0 Å². The van der Waals surface area contributed by atoms with Crippen molar-refractivity contribution in [2.24, 2.45) is 0 Å². The van der Waals surface area contributed by atoms with Crippen LogP contribution in [0.15, 0.2) is 0 Å². The highest BCUT2D eigenvalue weighted by Gasteiger charge is 2.40. The van der Waals surface area contributed by atoms with Crippen LogP contribution in [0.5, 0.6) is 0 Å². The first-order valence-electron chi connectivity index (χ1n) is 13.3. The Bertz CT molecular complexity index is 416. The van der Waals surface area contributed by atoms with Gasteiger partial charge in [-0.1, -0.05) is 90.9 Å². The lowest BCUT2D eigenvalue weighted by Gasteiger charge is -2.24. The quantitative estimate of drug-likeness (QED) is 0.268. The van der Waals surface area contributed by atoms with Gasteiger partial charge in [-0.25, -0.2) is 0 Å². The molecule has 2 heterocycles. The van der Waals surface area contributed by atoms with E-state index in [9.17, 15) is 10.2 Å². The molecular formula is C26H50O4. The summed E-state index contributed by atoms with van der Waals surface area (Å²) in [6, 6.07) is 0. The molecule has 2 rings (SSSR count). The van der Waals surface area contributed by atoms with Gasteiger partial charge < -0.3 is 19.7 Å². The van der Waals surface area contributed by atoms with Crippen molar-refractivity contribution in [2.75, 3.05) is 0 Å². The number of aliphatic hydroxyl groups excluding tert-OH is 2. The van der Waals surface area contributed by atoms with Crippen molar-refractivity contribution in [3.8, 4) is 0 Å². The molecule has 0 saturated carbocycles. The number of ether oxygens (including phenoxy) is 2. The molecule has 0 amide bonds. The van der Waals surface area contributed by atoms with Gasteiger partial charge in [0.1, 0.15) is 0 Å². The number of unbranched alkanes of at least 4 members (excludes halogenated alkanes) is 10. The molecule has 0 unspecified atom stereocenters. The lowest BCUT2D eigenvalue weighted by atomic mass is 10.0. The van der Waals surface area contributed by atoms with Gasteiger partial charge in [-0.3, -0.25) is 0 Å². The van der Waals surface area contributed by atoms with Crippen LogP contribution in [0.2, 0.25) is 0 Å². The Labute approximate surface area is 186 Å². The third-order valence-electron chi connectivity index (χ3n) is 7.15. The largest absolute Gasteiger partial charge is 0.390 e. The monoisotopic (exact) mass is 426 g/mol. The minimum absolute atomic E-state index is 0.0264. The molecule has 0 aliphatic carbocycles. The first-order chi connectivity index (χ1) is 14.7. The highest BCUT2D eigenvalue weighted by atomic mass is 16.6. The Morgan fingerprint density at radius 3 is 1.37 bits per heavy atom. The molecule has 2 aliphatic rings. The molecule has 4 heteroatoms. The van der Waals surface area contributed by atoms with Gasteiger partial charge in [-0.05, 0) is 38.5 Å². The van der Waals surface area contributed by atoms with Crippen LogP contribution < -0.4 is 0 Å². The Kier molecular flexibility index (Phi) is 13.6. The summed E-state index contributed by atoms with van der Waals surface area (Å²) in [5, 5.41) is 21.0. The SMILES string of the molecule is CCCCCCCCCC[C@@H](O)[C@H]1CC[C@H]([C@H]2CC[C@H]([C@H](O)CCCCCC)O2)O1. The van der Waals surface area contributed by atoms with Crippen LogP contribution in [0, 0.1) is 0 Å². The fourth-order valence-corrected chi connectivity index (χ4v) is 5.13. The molecule has 2 fully saturated rings. The molecule has 6 atom stereocenters. The second-order valence-corrected chi connectivity index (χ2v) is 9.83. The summed E-state index contributed by atoms with van der Waals surface area (Å²) >= 11 is 0. The zero-order chi connectivity index (χ0) is 21.6. The summed E-state index contributed by atoms with van der Waals surface area (Å²) in [4.78, 5) is 0. The van der Waals surface area contributed by atoms with E-state index in [-0.39, 0.29) is 36.6 Å². The summed E-state index contributed by atoms with van der Waals surface area (Å²) in [6.07, 6.45) is 20.1.